The number of carbonyl (C=O) groups excluding carboxylic acids is 3. The van der Waals surface area contributed by atoms with Crippen molar-refractivity contribution in [1.82, 2.24) is 15.5 Å². The normalized spacial score (nSPS) is 19.9. The van der Waals surface area contributed by atoms with Crippen molar-refractivity contribution in [3.63, 3.8) is 0 Å². The molecule has 11 heteroatoms. The van der Waals surface area contributed by atoms with Crippen LogP contribution < -0.4 is 16.4 Å². The molecule has 27 heavy (non-hydrogen) atoms. The highest BCUT2D eigenvalue weighted by atomic mass is 32.2. The van der Waals surface area contributed by atoms with E-state index in [2.05, 4.69) is 10.6 Å². The smallest absolute Gasteiger partial charge is 0.326 e. The Morgan fingerprint density at radius 2 is 2.00 bits per heavy atom. The number of hydrogen-bond acceptors (Lipinski definition) is 7. The highest BCUT2D eigenvalue weighted by Crippen LogP contribution is 2.18. The highest BCUT2D eigenvalue weighted by Gasteiger charge is 2.35. The molecule has 0 aromatic heterocycles. The molecule has 0 radical (unpaired) electrons. The predicted octanol–water partition coefficient (Wildman–Crippen LogP) is -1.88. The van der Waals surface area contributed by atoms with Crippen LogP contribution in [0.4, 0.5) is 0 Å². The standard InChI is InChI=1S/C16H28N4O6S/c1-9(21)13(17)15(24)18-8-12(22)20-6-3-4-11(20)14(23)19-10(16(25)26)5-7-27-2/h9-11,13,21H,3-8,17H2,1-2H3,(H,18,24)(H,19,23)(H,25,26). The number of carbonyl (C=O) groups is 4. The van der Waals surface area contributed by atoms with E-state index in [1.807, 2.05) is 6.26 Å². The molecule has 1 heterocycles. The van der Waals surface area contributed by atoms with Crippen molar-refractivity contribution < 1.29 is 29.4 Å². The van der Waals surface area contributed by atoms with E-state index in [1.165, 1.54) is 23.6 Å². The lowest BCUT2D eigenvalue weighted by atomic mass is 10.1. The zero-order valence-electron chi connectivity index (χ0n) is 15.5. The van der Waals surface area contributed by atoms with Gasteiger partial charge in [-0.15, -0.1) is 0 Å². The van der Waals surface area contributed by atoms with Crippen molar-refractivity contribution in [2.75, 3.05) is 25.1 Å². The number of thioether (sulfide) groups is 1. The number of carboxylic acids is 1. The van der Waals surface area contributed by atoms with Gasteiger partial charge in [-0.1, -0.05) is 0 Å². The van der Waals surface area contributed by atoms with Gasteiger partial charge in [0, 0.05) is 6.54 Å². The van der Waals surface area contributed by atoms with Crippen LogP contribution in [0.1, 0.15) is 26.2 Å². The summed E-state index contributed by atoms with van der Waals surface area (Å²) in [5.74, 6) is -2.18. The molecule has 1 saturated heterocycles. The number of nitrogens with one attached hydrogen (secondary N) is 2. The minimum atomic E-state index is -1.15. The van der Waals surface area contributed by atoms with Crippen LogP contribution in [0.15, 0.2) is 0 Å². The van der Waals surface area contributed by atoms with E-state index in [1.54, 1.807) is 0 Å². The zero-order chi connectivity index (χ0) is 20.6. The molecule has 1 fully saturated rings. The van der Waals surface area contributed by atoms with Crippen molar-refractivity contribution in [1.29, 1.82) is 0 Å². The molecule has 1 aliphatic rings. The summed E-state index contributed by atoms with van der Waals surface area (Å²) in [6.07, 6.45) is 2.10. The van der Waals surface area contributed by atoms with Crippen molar-refractivity contribution >= 4 is 35.5 Å². The van der Waals surface area contributed by atoms with E-state index >= 15 is 0 Å². The van der Waals surface area contributed by atoms with Crippen LogP contribution in [0.5, 0.6) is 0 Å². The van der Waals surface area contributed by atoms with Crippen LogP contribution >= 0.6 is 11.8 Å². The Bertz CT molecular complexity index is 559. The fourth-order valence-electron chi connectivity index (χ4n) is 2.70. The first-order valence-electron chi connectivity index (χ1n) is 8.72. The van der Waals surface area contributed by atoms with E-state index < -0.39 is 47.9 Å². The van der Waals surface area contributed by atoms with Crippen LogP contribution in [0.25, 0.3) is 0 Å². The molecule has 1 aliphatic heterocycles. The fourth-order valence-corrected chi connectivity index (χ4v) is 3.17. The number of nitrogens with two attached hydrogens (primary N) is 1. The van der Waals surface area contributed by atoms with Crippen LogP contribution in [-0.2, 0) is 19.2 Å². The SMILES string of the molecule is CSCCC(NC(=O)C1CCCN1C(=O)CNC(=O)C(N)C(C)O)C(=O)O. The number of carboxylic acid groups (broad SMARTS) is 1. The lowest BCUT2D eigenvalue weighted by molar-refractivity contribution is -0.144. The van der Waals surface area contributed by atoms with Gasteiger partial charge < -0.3 is 31.5 Å². The van der Waals surface area contributed by atoms with Gasteiger partial charge in [0.15, 0.2) is 0 Å². The highest BCUT2D eigenvalue weighted by molar-refractivity contribution is 7.98. The zero-order valence-corrected chi connectivity index (χ0v) is 16.3. The Labute approximate surface area is 162 Å². The summed E-state index contributed by atoms with van der Waals surface area (Å²) in [7, 11) is 0. The van der Waals surface area contributed by atoms with Gasteiger partial charge in [0.2, 0.25) is 17.7 Å². The number of aliphatic hydroxyl groups is 1. The molecule has 0 bridgehead atoms. The Kier molecular flexibility index (Phi) is 9.53. The first-order valence-corrected chi connectivity index (χ1v) is 10.1. The average molecular weight is 404 g/mol. The van der Waals surface area contributed by atoms with Gasteiger partial charge in [-0.25, -0.2) is 4.79 Å². The maximum Gasteiger partial charge on any atom is 0.326 e. The molecule has 0 saturated carbocycles. The Hall–Kier alpha value is -1.85. The van der Waals surface area contributed by atoms with Gasteiger partial charge in [0.25, 0.3) is 0 Å². The Morgan fingerprint density at radius 1 is 1.33 bits per heavy atom. The van der Waals surface area contributed by atoms with E-state index in [0.717, 1.165) is 0 Å². The average Bonchev–Trinajstić information content (AvgIpc) is 3.11. The summed E-state index contributed by atoms with van der Waals surface area (Å²) >= 11 is 1.48. The third-order valence-corrected chi connectivity index (χ3v) is 4.98. The first kappa shape index (κ1) is 23.2. The van der Waals surface area contributed by atoms with Gasteiger partial charge in [0.05, 0.1) is 12.6 Å². The van der Waals surface area contributed by atoms with Crippen LogP contribution in [0.2, 0.25) is 0 Å². The largest absolute Gasteiger partial charge is 0.480 e. The Morgan fingerprint density at radius 3 is 2.56 bits per heavy atom. The monoisotopic (exact) mass is 404 g/mol. The molecule has 0 aliphatic carbocycles. The van der Waals surface area contributed by atoms with E-state index in [4.69, 9.17) is 5.73 Å². The van der Waals surface area contributed by atoms with Gasteiger partial charge in [-0.2, -0.15) is 11.8 Å². The van der Waals surface area contributed by atoms with Gasteiger partial charge in [0.1, 0.15) is 18.1 Å². The van der Waals surface area contributed by atoms with Crippen molar-refractivity contribution in [3.8, 4) is 0 Å². The molecule has 3 amide bonds. The molecule has 0 aromatic carbocycles. The summed E-state index contributed by atoms with van der Waals surface area (Å²) in [5, 5.41) is 23.3. The summed E-state index contributed by atoms with van der Waals surface area (Å²) in [6.45, 7) is 1.36. The number of aliphatic carboxylic acids is 1. The minimum Gasteiger partial charge on any atom is -0.480 e. The molecular weight excluding hydrogens is 376 g/mol. The van der Waals surface area contributed by atoms with Gasteiger partial charge >= 0.3 is 5.97 Å². The quantitative estimate of drug-likeness (QED) is 0.283. The van der Waals surface area contributed by atoms with E-state index in [9.17, 15) is 29.4 Å². The molecule has 6 N–H and O–H groups in total. The number of aliphatic hydroxyl groups excluding tert-OH is 1. The third-order valence-electron chi connectivity index (χ3n) is 4.34. The molecule has 1 rings (SSSR count). The van der Waals surface area contributed by atoms with E-state index in [0.29, 0.717) is 25.1 Å². The molecule has 0 spiro atoms. The number of nitrogens with zero attached hydrogens (tertiary/aromatic N) is 1. The van der Waals surface area contributed by atoms with Crippen molar-refractivity contribution in [2.45, 2.75) is 50.4 Å². The second kappa shape index (κ2) is 11.1. The summed E-state index contributed by atoms with van der Waals surface area (Å²) in [5.41, 5.74) is 5.49. The molecule has 4 unspecified atom stereocenters. The fraction of sp³-hybridized carbons (Fsp3) is 0.750. The topological polar surface area (TPSA) is 162 Å². The maximum atomic E-state index is 12.5. The minimum absolute atomic E-state index is 0.288. The summed E-state index contributed by atoms with van der Waals surface area (Å²) < 4.78 is 0. The summed E-state index contributed by atoms with van der Waals surface area (Å²) in [6, 6.07) is -2.93. The van der Waals surface area contributed by atoms with Crippen molar-refractivity contribution in [2.24, 2.45) is 5.73 Å². The third kappa shape index (κ3) is 7.00. The molecule has 154 valence electrons. The number of amides is 3. The van der Waals surface area contributed by atoms with Crippen LogP contribution in [0, 0.1) is 0 Å². The van der Waals surface area contributed by atoms with Crippen LogP contribution in [0.3, 0.4) is 0 Å². The predicted molar refractivity (Wildman–Crippen MR) is 100.0 cm³/mol. The molecule has 4 atom stereocenters. The number of hydrogen-bond donors (Lipinski definition) is 5. The Balaban J connectivity index is 2.63. The van der Waals surface area contributed by atoms with Crippen LogP contribution in [-0.4, -0.2) is 88.1 Å². The molecule has 0 aromatic rings. The first-order chi connectivity index (χ1) is 12.7. The van der Waals surface area contributed by atoms with Gasteiger partial charge in [-0.3, -0.25) is 14.4 Å². The summed E-state index contributed by atoms with van der Waals surface area (Å²) in [4.78, 5) is 49.2. The lowest BCUT2D eigenvalue weighted by Crippen LogP contribution is -2.54. The second-order valence-corrected chi connectivity index (χ2v) is 7.40. The maximum absolute atomic E-state index is 12.5. The second-order valence-electron chi connectivity index (χ2n) is 6.41. The lowest BCUT2D eigenvalue weighted by Gasteiger charge is -2.26. The van der Waals surface area contributed by atoms with E-state index in [-0.39, 0.29) is 13.0 Å². The van der Waals surface area contributed by atoms with Gasteiger partial charge in [-0.05, 0) is 38.2 Å². The molecule has 10 nitrogen and oxygen atoms in total. The number of rotatable bonds is 10. The van der Waals surface area contributed by atoms with Crippen molar-refractivity contribution in [3.05, 3.63) is 0 Å². The molecular formula is C16H28N4O6S. The number of likely N-dealkylation sites (tertiary alicyclic amines) is 1.